The predicted octanol–water partition coefficient (Wildman–Crippen LogP) is 2.51. The van der Waals surface area contributed by atoms with Crippen LogP contribution in [-0.4, -0.2) is 17.5 Å². The maximum Gasteiger partial charge on any atom is 0.262 e. The lowest BCUT2D eigenvalue weighted by Gasteiger charge is -2.08. The van der Waals surface area contributed by atoms with Gasteiger partial charge < -0.3 is 14.5 Å². The van der Waals surface area contributed by atoms with Crippen LogP contribution in [0.25, 0.3) is 10.9 Å². The molecule has 116 valence electrons. The Morgan fingerprint density at radius 1 is 1.30 bits per heavy atom. The van der Waals surface area contributed by atoms with Crippen molar-refractivity contribution in [2.75, 3.05) is 11.9 Å². The number of carbonyl (C=O) groups excluding carboxylic acids is 1. The molecule has 0 bridgehead atoms. The third kappa shape index (κ3) is 3.37. The Labute approximate surface area is 131 Å². The van der Waals surface area contributed by atoms with Gasteiger partial charge in [-0.2, -0.15) is 0 Å². The molecular formula is C17H14N2O4. The molecule has 2 aromatic heterocycles. The van der Waals surface area contributed by atoms with E-state index in [9.17, 15) is 9.59 Å². The van der Waals surface area contributed by atoms with Crippen molar-refractivity contribution in [3.63, 3.8) is 0 Å². The number of carbonyl (C=O) groups is 1. The highest BCUT2D eigenvalue weighted by atomic mass is 16.5. The Kier molecular flexibility index (Phi) is 4.05. The lowest BCUT2D eigenvalue weighted by Crippen LogP contribution is -2.22. The fourth-order valence-electron chi connectivity index (χ4n) is 2.13. The Bertz CT molecular complexity index is 912. The zero-order chi connectivity index (χ0) is 16.2. The van der Waals surface area contributed by atoms with Gasteiger partial charge in [-0.05, 0) is 19.1 Å². The van der Waals surface area contributed by atoms with Gasteiger partial charge in [-0.1, -0.05) is 18.2 Å². The van der Waals surface area contributed by atoms with Gasteiger partial charge in [0.15, 0.2) is 6.61 Å². The molecule has 23 heavy (non-hydrogen) atoms. The van der Waals surface area contributed by atoms with Gasteiger partial charge in [0.2, 0.25) is 11.2 Å². The van der Waals surface area contributed by atoms with E-state index in [0.29, 0.717) is 17.0 Å². The summed E-state index contributed by atoms with van der Waals surface area (Å²) in [7, 11) is 0. The van der Waals surface area contributed by atoms with E-state index in [4.69, 9.17) is 9.15 Å². The maximum atomic E-state index is 12.0. The summed E-state index contributed by atoms with van der Waals surface area (Å²) >= 11 is 0. The smallest absolute Gasteiger partial charge is 0.262 e. The average Bonchev–Trinajstić information content (AvgIpc) is 2.54. The minimum Gasteiger partial charge on any atom is -0.477 e. The number of hydrogen-bond donors (Lipinski definition) is 1. The Balaban J connectivity index is 1.70. The van der Waals surface area contributed by atoms with Crippen LogP contribution in [0.15, 0.2) is 58.1 Å². The number of nitrogens with one attached hydrogen (secondary N) is 1. The molecule has 0 fully saturated rings. The highest BCUT2D eigenvalue weighted by molar-refractivity contribution is 6.00. The SMILES string of the molecule is Cc1cc(=O)c(OCC(=O)Nc2cccc3cccnc23)co1. The van der Waals surface area contributed by atoms with Crippen LogP contribution in [0.3, 0.4) is 0 Å². The minimum absolute atomic E-state index is 0.00166. The molecule has 1 amide bonds. The van der Waals surface area contributed by atoms with Gasteiger partial charge in [-0.25, -0.2) is 0 Å². The largest absolute Gasteiger partial charge is 0.477 e. The topological polar surface area (TPSA) is 81.4 Å². The molecule has 6 heteroatoms. The van der Waals surface area contributed by atoms with E-state index in [1.807, 2.05) is 24.3 Å². The molecule has 6 nitrogen and oxygen atoms in total. The third-order valence-corrected chi connectivity index (χ3v) is 3.19. The fourth-order valence-corrected chi connectivity index (χ4v) is 2.13. The van der Waals surface area contributed by atoms with Gasteiger partial charge in [-0.15, -0.1) is 0 Å². The molecule has 0 unspecified atom stereocenters. The van der Waals surface area contributed by atoms with Crippen molar-refractivity contribution in [1.29, 1.82) is 0 Å². The maximum absolute atomic E-state index is 12.0. The van der Waals surface area contributed by atoms with Crippen LogP contribution in [0.2, 0.25) is 0 Å². The van der Waals surface area contributed by atoms with E-state index in [0.717, 1.165) is 5.39 Å². The molecule has 0 aliphatic heterocycles. The number of aryl methyl sites for hydroxylation is 1. The third-order valence-electron chi connectivity index (χ3n) is 3.19. The Morgan fingerprint density at radius 2 is 2.13 bits per heavy atom. The van der Waals surface area contributed by atoms with Gasteiger partial charge >= 0.3 is 0 Å². The number of aromatic nitrogens is 1. The number of rotatable bonds is 4. The standard InChI is InChI=1S/C17H14N2O4/c1-11-8-14(20)15(9-22-11)23-10-16(21)19-13-6-2-4-12-5-3-7-18-17(12)13/h2-9H,10H2,1H3,(H,19,21). The molecule has 0 aliphatic carbocycles. The molecule has 1 N–H and O–H groups in total. The number of nitrogens with zero attached hydrogens (tertiary/aromatic N) is 1. The normalized spacial score (nSPS) is 10.5. The minimum atomic E-state index is -0.386. The second-order valence-corrected chi connectivity index (χ2v) is 4.94. The lowest BCUT2D eigenvalue weighted by molar-refractivity contribution is -0.118. The first-order valence-corrected chi connectivity index (χ1v) is 6.99. The van der Waals surface area contributed by atoms with Gasteiger partial charge in [0.05, 0.1) is 11.2 Å². The molecule has 0 spiro atoms. The van der Waals surface area contributed by atoms with Crippen LogP contribution >= 0.6 is 0 Å². The molecule has 0 aliphatic rings. The van der Waals surface area contributed by atoms with Crippen LogP contribution < -0.4 is 15.5 Å². The molecule has 2 heterocycles. The van der Waals surface area contributed by atoms with Gasteiger partial charge in [0.25, 0.3) is 5.91 Å². The zero-order valence-electron chi connectivity index (χ0n) is 12.4. The van der Waals surface area contributed by atoms with E-state index in [2.05, 4.69) is 10.3 Å². The summed E-state index contributed by atoms with van der Waals surface area (Å²) < 4.78 is 10.3. The van der Waals surface area contributed by atoms with Gasteiger partial charge in [0, 0.05) is 17.6 Å². The number of ether oxygens (including phenoxy) is 1. The molecule has 3 rings (SSSR count). The highest BCUT2D eigenvalue weighted by Crippen LogP contribution is 2.20. The van der Waals surface area contributed by atoms with Crippen LogP contribution in [0.4, 0.5) is 5.69 Å². The predicted molar refractivity (Wildman–Crippen MR) is 85.6 cm³/mol. The van der Waals surface area contributed by atoms with Crippen molar-refractivity contribution in [3.8, 4) is 5.75 Å². The van der Waals surface area contributed by atoms with Crippen molar-refractivity contribution in [1.82, 2.24) is 4.98 Å². The van der Waals surface area contributed by atoms with Crippen molar-refractivity contribution >= 4 is 22.5 Å². The first-order chi connectivity index (χ1) is 11.1. The van der Waals surface area contributed by atoms with Crippen LogP contribution in [0.1, 0.15) is 5.76 Å². The fraction of sp³-hybridized carbons (Fsp3) is 0.118. The van der Waals surface area contributed by atoms with Crippen LogP contribution in [0.5, 0.6) is 5.75 Å². The number of benzene rings is 1. The number of fused-ring (bicyclic) bond motifs is 1. The lowest BCUT2D eigenvalue weighted by atomic mass is 10.2. The molecule has 0 radical (unpaired) electrons. The molecule has 1 aromatic carbocycles. The van der Waals surface area contributed by atoms with E-state index in [1.165, 1.54) is 12.3 Å². The van der Waals surface area contributed by atoms with Gasteiger partial charge in [0.1, 0.15) is 12.0 Å². The summed E-state index contributed by atoms with van der Waals surface area (Å²) in [5.74, 6) is 0.0959. The average molecular weight is 310 g/mol. The summed E-state index contributed by atoms with van der Waals surface area (Å²) in [4.78, 5) is 27.9. The Hall–Kier alpha value is -3.15. The van der Waals surface area contributed by atoms with Crippen molar-refractivity contribution < 1.29 is 13.9 Å². The first kappa shape index (κ1) is 14.8. The highest BCUT2D eigenvalue weighted by Gasteiger charge is 2.09. The second kappa shape index (κ2) is 6.31. The van der Waals surface area contributed by atoms with E-state index in [1.54, 1.807) is 19.2 Å². The van der Waals surface area contributed by atoms with Crippen molar-refractivity contribution in [2.24, 2.45) is 0 Å². The summed E-state index contributed by atoms with van der Waals surface area (Å²) in [5.41, 5.74) is 0.958. The number of hydrogen-bond acceptors (Lipinski definition) is 5. The number of para-hydroxylation sites is 1. The molecule has 0 saturated carbocycles. The van der Waals surface area contributed by atoms with Crippen LogP contribution in [0, 0.1) is 6.92 Å². The summed E-state index contributed by atoms with van der Waals surface area (Å²) in [6, 6.07) is 10.5. The summed E-state index contributed by atoms with van der Waals surface area (Å²) in [6.07, 6.45) is 2.86. The summed E-state index contributed by atoms with van der Waals surface area (Å²) in [5, 5.41) is 3.65. The zero-order valence-corrected chi connectivity index (χ0v) is 12.4. The molecule has 3 aromatic rings. The summed E-state index contributed by atoms with van der Waals surface area (Å²) in [6.45, 7) is 1.36. The second-order valence-electron chi connectivity index (χ2n) is 4.94. The Morgan fingerprint density at radius 3 is 2.96 bits per heavy atom. The van der Waals surface area contributed by atoms with Crippen molar-refractivity contribution in [3.05, 3.63) is 64.8 Å². The van der Waals surface area contributed by atoms with Gasteiger partial charge in [-0.3, -0.25) is 14.6 Å². The monoisotopic (exact) mass is 310 g/mol. The quantitative estimate of drug-likeness (QED) is 0.800. The molecule has 0 saturated heterocycles. The van der Waals surface area contributed by atoms with E-state index >= 15 is 0 Å². The van der Waals surface area contributed by atoms with E-state index in [-0.39, 0.29) is 23.7 Å². The first-order valence-electron chi connectivity index (χ1n) is 6.99. The van der Waals surface area contributed by atoms with Crippen molar-refractivity contribution in [2.45, 2.75) is 6.92 Å². The molecular weight excluding hydrogens is 296 g/mol. The van der Waals surface area contributed by atoms with E-state index < -0.39 is 0 Å². The number of amides is 1. The number of anilines is 1. The number of pyridine rings is 1. The molecule has 0 atom stereocenters. The van der Waals surface area contributed by atoms with Crippen LogP contribution in [-0.2, 0) is 4.79 Å².